The second kappa shape index (κ2) is 5.07. The monoisotopic (exact) mass is 292 g/mol. The fourth-order valence-electron chi connectivity index (χ4n) is 1.06. The van der Waals surface area contributed by atoms with E-state index in [0.717, 1.165) is 6.07 Å². The van der Waals surface area contributed by atoms with Gasteiger partial charge in [0.2, 0.25) is 11.3 Å². The van der Waals surface area contributed by atoms with Gasteiger partial charge in [-0.2, -0.15) is 13.2 Å². The van der Waals surface area contributed by atoms with Gasteiger partial charge >= 0.3 is 6.18 Å². The molecule has 4 nitrogen and oxygen atoms in total. The molecule has 1 atom stereocenters. The summed E-state index contributed by atoms with van der Waals surface area (Å²) in [7, 11) is 0. The van der Waals surface area contributed by atoms with Gasteiger partial charge < -0.3 is 10.4 Å². The largest absolute Gasteiger partial charge is 0.426 e. The van der Waals surface area contributed by atoms with E-state index in [1.54, 1.807) is 0 Å². The SMILES string of the molecule is [C-]#[N+]c1ccc(NC(=O)[C@@](C)(O)C(F)(F)F)cc1Cl. The van der Waals surface area contributed by atoms with Gasteiger partial charge in [-0.15, -0.1) is 0 Å². The molecule has 19 heavy (non-hydrogen) atoms. The van der Waals surface area contributed by atoms with Crippen molar-refractivity contribution in [3.63, 3.8) is 0 Å². The first-order valence-electron chi connectivity index (χ1n) is 4.87. The standard InChI is InChI=1S/C11H8ClF3N2O2/c1-10(19,11(13,14)15)9(18)17-6-3-4-8(16-2)7(12)5-6/h3-5,19H,1H3,(H,17,18)/t10-/m1/s1. The highest BCUT2D eigenvalue weighted by Crippen LogP contribution is 2.32. The van der Waals surface area contributed by atoms with Gasteiger partial charge in [-0.3, -0.25) is 4.79 Å². The number of nitrogens with zero attached hydrogens (tertiary/aromatic N) is 1. The average Bonchev–Trinajstić information content (AvgIpc) is 2.27. The summed E-state index contributed by atoms with van der Waals surface area (Å²) in [5.74, 6) is -1.63. The lowest BCUT2D eigenvalue weighted by Gasteiger charge is -2.24. The zero-order chi connectivity index (χ0) is 14.8. The lowest BCUT2D eigenvalue weighted by molar-refractivity contribution is -0.242. The molecule has 0 aliphatic heterocycles. The van der Waals surface area contributed by atoms with Crippen LogP contribution in [0.3, 0.4) is 0 Å². The Morgan fingerprint density at radius 2 is 2.05 bits per heavy atom. The minimum atomic E-state index is -5.10. The van der Waals surface area contributed by atoms with Crippen molar-refractivity contribution < 1.29 is 23.1 Å². The molecular formula is C11H8ClF3N2O2. The van der Waals surface area contributed by atoms with E-state index in [1.165, 1.54) is 12.1 Å². The predicted octanol–water partition coefficient (Wildman–Crippen LogP) is 3.14. The molecule has 0 aliphatic rings. The van der Waals surface area contributed by atoms with Crippen molar-refractivity contribution in [3.05, 3.63) is 34.6 Å². The summed E-state index contributed by atoms with van der Waals surface area (Å²) >= 11 is 5.67. The third-order valence-electron chi connectivity index (χ3n) is 2.32. The minimum absolute atomic E-state index is 0.0144. The first-order valence-corrected chi connectivity index (χ1v) is 5.25. The Morgan fingerprint density at radius 3 is 2.47 bits per heavy atom. The van der Waals surface area contributed by atoms with Gasteiger partial charge in [0.05, 0.1) is 6.57 Å². The van der Waals surface area contributed by atoms with Crippen LogP contribution in [0, 0.1) is 6.57 Å². The topological polar surface area (TPSA) is 53.7 Å². The summed E-state index contributed by atoms with van der Waals surface area (Å²) in [5.41, 5.74) is -3.47. The van der Waals surface area contributed by atoms with E-state index in [-0.39, 0.29) is 16.4 Å². The van der Waals surface area contributed by atoms with Crippen LogP contribution in [0.1, 0.15) is 6.92 Å². The molecular weight excluding hydrogens is 285 g/mol. The van der Waals surface area contributed by atoms with E-state index in [2.05, 4.69) is 4.85 Å². The molecule has 1 aromatic rings. The number of carbonyl (C=O) groups excluding carboxylic acids is 1. The second-order valence-corrected chi connectivity index (χ2v) is 4.21. The second-order valence-electron chi connectivity index (χ2n) is 3.80. The van der Waals surface area contributed by atoms with Gasteiger partial charge in [0.1, 0.15) is 0 Å². The molecule has 0 saturated heterocycles. The van der Waals surface area contributed by atoms with Crippen molar-refractivity contribution in [2.45, 2.75) is 18.7 Å². The molecule has 0 unspecified atom stereocenters. The molecule has 0 heterocycles. The summed E-state index contributed by atoms with van der Waals surface area (Å²) < 4.78 is 37.2. The van der Waals surface area contributed by atoms with Crippen LogP contribution >= 0.6 is 11.6 Å². The van der Waals surface area contributed by atoms with E-state index in [9.17, 15) is 18.0 Å². The lowest BCUT2D eigenvalue weighted by atomic mass is 10.1. The average molecular weight is 293 g/mol. The Morgan fingerprint density at radius 1 is 1.47 bits per heavy atom. The van der Waals surface area contributed by atoms with Crippen molar-refractivity contribution in [1.29, 1.82) is 0 Å². The van der Waals surface area contributed by atoms with Crippen molar-refractivity contribution in [1.82, 2.24) is 0 Å². The Hall–Kier alpha value is -1.78. The molecule has 8 heteroatoms. The Balaban J connectivity index is 2.96. The van der Waals surface area contributed by atoms with Gasteiger partial charge in [0.15, 0.2) is 0 Å². The number of carbonyl (C=O) groups is 1. The number of amides is 1. The van der Waals surface area contributed by atoms with Gasteiger partial charge in [-0.25, -0.2) is 4.85 Å². The van der Waals surface area contributed by atoms with Crippen LogP contribution in [-0.4, -0.2) is 22.8 Å². The number of aliphatic hydroxyl groups is 1. The van der Waals surface area contributed by atoms with Crippen molar-refractivity contribution in [3.8, 4) is 0 Å². The van der Waals surface area contributed by atoms with Gasteiger partial charge in [-0.1, -0.05) is 17.7 Å². The number of hydrogen-bond acceptors (Lipinski definition) is 2. The number of anilines is 1. The van der Waals surface area contributed by atoms with Crippen LogP contribution in [-0.2, 0) is 4.79 Å². The molecule has 1 rings (SSSR count). The highest BCUT2D eigenvalue weighted by Gasteiger charge is 2.55. The summed E-state index contributed by atoms with van der Waals surface area (Å²) in [6.07, 6.45) is -5.10. The van der Waals surface area contributed by atoms with Crippen LogP contribution in [0.4, 0.5) is 24.5 Å². The number of nitrogens with one attached hydrogen (secondary N) is 1. The Kier molecular flexibility index (Phi) is 4.08. The van der Waals surface area contributed by atoms with Crippen molar-refractivity contribution >= 4 is 28.9 Å². The highest BCUT2D eigenvalue weighted by atomic mass is 35.5. The maximum absolute atomic E-state index is 12.4. The van der Waals surface area contributed by atoms with Crippen LogP contribution in [0.25, 0.3) is 4.85 Å². The summed E-state index contributed by atoms with van der Waals surface area (Å²) in [6.45, 7) is 7.09. The maximum Gasteiger partial charge on any atom is 0.426 e. The van der Waals surface area contributed by atoms with Gasteiger partial charge in [-0.05, 0) is 19.1 Å². The smallest absolute Gasteiger partial charge is 0.373 e. The zero-order valence-corrected chi connectivity index (χ0v) is 10.3. The molecule has 1 aromatic carbocycles. The lowest BCUT2D eigenvalue weighted by Crippen LogP contribution is -2.52. The number of halogens is 4. The number of benzene rings is 1. The fourth-order valence-corrected chi connectivity index (χ4v) is 1.28. The highest BCUT2D eigenvalue weighted by molar-refractivity contribution is 6.33. The quantitative estimate of drug-likeness (QED) is 0.823. The van der Waals surface area contributed by atoms with E-state index in [0.29, 0.717) is 6.92 Å². The van der Waals surface area contributed by atoms with E-state index in [4.69, 9.17) is 23.3 Å². The van der Waals surface area contributed by atoms with Crippen molar-refractivity contribution in [2.75, 3.05) is 5.32 Å². The number of alkyl halides is 3. The van der Waals surface area contributed by atoms with Crippen LogP contribution in [0.5, 0.6) is 0 Å². The molecule has 2 N–H and O–H groups in total. The van der Waals surface area contributed by atoms with E-state index >= 15 is 0 Å². The maximum atomic E-state index is 12.4. The first-order chi connectivity index (χ1) is 8.59. The summed E-state index contributed by atoms with van der Waals surface area (Å²) in [4.78, 5) is 14.4. The van der Waals surface area contributed by atoms with Gasteiger partial charge in [0, 0.05) is 10.7 Å². The molecule has 0 bridgehead atoms. The first kappa shape index (κ1) is 15.3. The number of rotatable bonds is 2. The number of hydrogen-bond donors (Lipinski definition) is 2. The molecule has 0 fully saturated rings. The fraction of sp³-hybridized carbons (Fsp3) is 0.273. The summed E-state index contributed by atoms with van der Waals surface area (Å²) in [5, 5.41) is 11.0. The third-order valence-corrected chi connectivity index (χ3v) is 2.62. The van der Waals surface area contributed by atoms with Gasteiger partial charge in [0.25, 0.3) is 5.91 Å². The Labute approximate surface area is 111 Å². The molecule has 0 aliphatic carbocycles. The molecule has 0 saturated carbocycles. The van der Waals surface area contributed by atoms with Crippen LogP contribution in [0.2, 0.25) is 5.02 Å². The summed E-state index contributed by atoms with van der Waals surface area (Å²) in [6, 6.07) is 3.58. The normalized spacial score (nSPS) is 14.4. The predicted molar refractivity (Wildman–Crippen MR) is 63.0 cm³/mol. The van der Waals surface area contributed by atoms with Crippen LogP contribution < -0.4 is 5.32 Å². The van der Waals surface area contributed by atoms with E-state index in [1.807, 2.05) is 5.32 Å². The van der Waals surface area contributed by atoms with Crippen LogP contribution in [0.15, 0.2) is 18.2 Å². The molecule has 0 radical (unpaired) electrons. The Bertz CT molecular complexity index is 550. The van der Waals surface area contributed by atoms with Crippen molar-refractivity contribution in [2.24, 2.45) is 0 Å². The third kappa shape index (κ3) is 3.16. The zero-order valence-electron chi connectivity index (χ0n) is 9.55. The molecule has 0 aromatic heterocycles. The molecule has 102 valence electrons. The minimum Gasteiger partial charge on any atom is -0.373 e. The molecule has 1 amide bonds. The molecule has 0 spiro atoms. The van der Waals surface area contributed by atoms with E-state index < -0.39 is 17.7 Å².